The molecule has 0 aliphatic heterocycles. The first-order valence-corrected chi connectivity index (χ1v) is 6.45. The minimum absolute atomic E-state index is 0.621. The number of unbranched alkanes of at least 4 members (excludes halogenated alkanes) is 1. The van der Waals surface area contributed by atoms with Crippen LogP contribution < -0.4 is 0 Å². The van der Waals surface area contributed by atoms with Crippen LogP contribution in [0.15, 0.2) is 4.99 Å². The van der Waals surface area contributed by atoms with Gasteiger partial charge < -0.3 is 4.55 Å². The number of thiocarbonyl (C=S) groups is 2. The zero-order chi connectivity index (χ0) is 11.2. The molecule has 0 saturated heterocycles. The lowest BCUT2D eigenvalue weighted by Crippen LogP contribution is -2.08. The quantitative estimate of drug-likeness (QED) is 0.340. The van der Waals surface area contributed by atoms with E-state index in [0.717, 1.165) is 30.9 Å². The molecule has 0 radical (unpaired) electrons. The molecule has 3 nitrogen and oxygen atoms in total. The number of nitrogens with one attached hydrogen (secondary N) is 1. The second kappa shape index (κ2) is 15.4. The molecule has 0 bridgehead atoms. The highest BCUT2D eigenvalue weighted by Gasteiger charge is 1.99. The molecule has 0 aromatic carbocycles. The van der Waals surface area contributed by atoms with Crippen molar-refractivity contribution < 1.29 is 4.55 Å². The molecule has 0 fully saturated rings. The first kappa shape index (κ1) is 16.3. The second-order valence-electron chi connectivity index (χ2n) is 2.21. The predicted molar refractivity (Wildman–Crippen MR) is 68.0 cm³/mol. The fourth-order valence-corrected chi connectivity index (χ4v) is 1.55. The van der Waals surface area contributed by atoms with E-state index in [0.29, 0.717) is 0 Å². The smallest absolute Gasteiger partial charge is 0.105 e. The molecular formula is C8H14N2OS3. The van der Waals surface area contributed by atoms with Gasteiger partial charge in [0.15, 0.2) is 0 Å². The van der Waals surface area contributed by atoms with Crippen molar-refractivity contribution in [3.05, 3.63) is 0 Å². The van der Waals surface area contributed by atoms with Gasteiger partial charge in [-0.05, 0) is 44.2 Å². The summed E-state index contributed by atoms with van der Waals surface area (Å²) in [4.78, 5) is 3.76. The highest BCUT2D eigenvalue weighted by Crippen LogP contribution is 1.97. The van der Waals surface area contributed by atoms with Crippen LogP contribution in [0.3, 0.4) is 0 Å². The third-order valence-electron chi connectivity index (χ3n) is 1.28. The SMILES string of the molecule is CC[S+]([O-])CCCCN=C=S.N=C=S. The monoisotopic (exact) mass is 250 g/mol. The zero-order valence-corrected chi connectivity index (χ0v) is 10.6. The number of hydrogen-bond acceptors (Lipinski definition) is 5. The van der Waals surface area contributed by atoms with E-state index in [1.807, 2.05) is 6.92 Å². The predicted octanol–water partition coefficient (Wildman–Crippen LogP) is 2.31. The number of hydrogen-bond donors (Lipinski definition) is 1. The van der Waals surface area contributed by atoms with Crippen molar-refractivity contribution in [1.82, 2.24) is 0 Å². The largest absolute Gasteiger partial charge is 0.616 e. The Bertz CT molecular complexity index is 199. The van der Waals surface area contributed by atoms with E-state index in [1.54, 1.807) is 5.16 Å². The van der Waals surface area contributed by atoms with Gasteiger partial charge in [0.05, 0.1) is 10.3 Å². The molecule has 0 saturated carbocycles. The molecule has 0 rings (SSSR count). The van der Waals surface area contributed by atoms with Crippen LogP contribution in [-0.4, -0.2) is 32.9 Å². The fourth-order valence-electron chi connectivity index (χ4n) is 0.644. The molecule has 1 N–H and O–H groups in total. The van der Waals surface area contributed by atoms with Gasteiger partial charge >= 0.3 is 0 Å². The van der Waals surface area contributed by atoms with E-state index in [-0.39, 0.29) is 0 Å². The number of isothiocyanates is 2. The van der Waals surface area contributed by atoms with E-state index in [9.17, 15) is 4.55 Å². The Morgan fingerprint density at radius 1 is 1.43 bits per heavy atom. The van der Waals surface area contributed by atoms with Crippen LogP contribution in [0.4, 0.5) is 0 Å². The maximum Gasteiger partial charge on any atom is 0.105 e. The Morgan fingerprint density at radius 3 is 2.43 bits per heavy atom. The first-order chi connectivity index (χ1) is 6.72. The van der Waals surface area contributed by atoms with Gasteiger partial charge in [0, 0.05) is 6.54 Å². The van der Waals surface area contributed by atoms with Crippen LogP contribution in [0.5, 0.6) is 0 Å². The van der Waals surface area contributed by atoms with Gasteiger partial charge in [-0.2, -0.15) is 0 Å². The lowest BCUT2D eigenvalue weighted by molar-refractivity contribution is 0.592. The van der Waals surface area contributed by atoms with Crippen LogP contribution in [0.2, 0.25) is 0 Å². The fraction of sp³-hybridized carbons (Fsp3) is 0.750. The van der Waals surface area contributed by atoms with E-state index < -0.39 is 11.2 Å². The number of rotatable bonds is 6. The van der Waals surface area contributed by atoms with Crippen LogP contribution in [0, 0.1) is 5.41 Å². The Hall–Kier alpha value is -0.0900. The molecule has 0 amide bonds. The van der Waals surface area contributed by atoms with Crippen molar-refractivity contribution in [3.8, 4) is 0 Å². The average Bonchev–Trinajstić information content (AvgIpc) is 2.18. The van der Waals surface area contributed by atoms with Crippen molar-refractivity contribution in [2.75, 3.05) is 18.1 Å². The van der Waals surface area contributed by atoms with E-state index in [4.69, 9.17) is 5.41 Å². The molecule has 14 heavy (non-hydrogen) atoms. The van der Waals surface area contributed by atoms with Gasteiger partial charge in [0.2, 0.25) is 0 Å². The summed E-state index contributed by atoms with van der Waals surface area (Å²) < 4.78 is 10.9. The Morgan fingerprint density at radius 2 is 2.00 bits per heavy atom. The number of nitrogens with zero attached hydrogens (tertiary/aromatic N) is 1. The molecule has 0 heterocycles. The first-order valence-electron chi connectivity index (χ1n) is 4.15. The summed E-state index contributed by atoms with van der Waals surface area (Å²) >= 11 is 7.59. The molecule has 0 aromatic rings. The molecule has 1 unspecified atom stereocenters. The second-order valence-corrected chi connectivity index (χ2v) is 4.47. The van der Waals surface area contributed by atoms with Gasteiger partial charge in [0.25, 0.3) is 0 Å². The van der Waals surface area contributed by atoms with Crippen molar-refractivity contribution in [1.29, 1.82) is 5.41 Å². The molecule has 80 valence electrons. The summed E-state index contributed by atoms with van der Waals surface area (Å²) in [6.45, 7) is 2.66. The van der Waals surface area contributed by atoms with Gasteiger partial charge in [-0.3, -0.25) is 0 Å². The minimum Gasteiger partial charge on any atom is -0.616 e. The topological polar surface area (TPSA) is 59.3 Å². The van der Waals surface area contributed by atoms with Crippen molar-refractivity contribution in [3.63, 3.8) is 0 Å². The summed E-state index contributed by atoms with van der Waals surface area (Å²) in [5.74, 6) is 1.56. The highest BCUT2D eigenvalue weighted by molar-refractivity contribution is 7.91. The van der Waals surface area contributed by atoms with Gasteiger partial charge in [0.1, 0.15) is 11.5 Å². The molecule has 1 atom stereocenters. The maximum atomic E-state index is 10.9. The lowest BCUT2D eigenvalue weighted by Gasteiger charge is -2.06. The summed E-state index contributed by atoms with van der Waals surface area (Å²) in [6.07, 6.45) is 1.94. The Labute approximate surface area is 98.7 Å². The Balaban J connectivity index is 0. The average molecular weight is 250 g/mol. The molecule has 0 aliphatic rings. The summed E-state index contributed by atoms with van der Waals surface area (Å²) in [6, 6.07) is 0. The maximum absolute atomic E-state index is 10.9. The van der Waals surface area contributed by atoms with Gasteiger partial charge in [-0.25, -0.2) is 10.4 Å². The van der Waals surface area contributed by atoms with Crippen LogP contribution in [-0.2, 0) is 11.2 Å². The third-order valence-corrected chi connectivity index (χ3v) is 2.80. The molecule has 0 aliphatic carbocycles. The molecule has 0 aromatic heterocycles. The van der Waals surface area contributed by atoms with Crippen molar-refractivity contribution in [2.24, 2.45) is 4.99 Å². The summed E-state index contributed by atoms with van der Waals surface area (Å²) in [7, 11) is 0. The normalized spacial score (nSPS) is 10.1. The van der Waals surface area contributed by atoms with Crippen LogP contribution >= 0.6 is 24.4 Å². The van der Waals surface area contributed by atoms with E-state index in [1.165, 1.54) is 0 Å². The molecular weight excluding hydrogens is 236 g/mol. The van der Waals surface area contributed by atoms with E-state index in [2.05, 4.69) is 34.6 Å². The molecule has 0 spiro atoms. The van der Waals surface area contributed by atoms with E-state index >= 15 is 0 Å². The van der Waals surface area contributed by atoms with Gasteiger partial charge in [-0.15, -0.1) is 0 Å². The molecule has 6 heteroatoms. The van der Waals surface area contributed by atoms with Crippen LogP contribution in [0.1, 0.15) is 19.8 Å². The van der Waals surface area contributed by atoms with Crippen molar-refractivity contribution in [2.45, 2.75) is 19.8 Å². The van der Waals surface area contributed by atoms with Crippen molar-refractivity contribution >= 4 is 45.9 Å². The number of aliphatic imine (C=N–C) groups is 1. The lowest BCUT2D eigenvalue weighted by atomic mass is 10.3. The minimum atomic E-state index is -0.621. The highest BCUT2D eigenvalue weighted by atomic mass is 32.2. The summed E-state index contributed by atoms with van der Waals surface area (Å²) in [5.41, 5.74) is 0. The standard InChI is InChI=1S/C7H13NOS2.CHNS/c1-2-11(9)6-4-3-5-8-7-10;2-1-3/h2-6H2,1H3;2H. The summed E-state index contributed by atoms with van der Waals surface area (Å²) in [5, 5.41) is 9.66. The zero-order valence-electron chi connectivity index (χ0n) is 8.12. The van der Waals surface area contributed by atoms with Crippen LogP contribution in [0.25, 0.3) is 0 Å². The Kier molecular flexibility index (Phi) is 18.0. The third kappa shape index (κ3) is 17.9. The van der Waals surface area contributed by atoms with Gasteiger partial charge in [-0.1, -0.05) is 11.2 Å².